The zero-order valence-electron chi connectivity index (χ0n) is 8.45. The Labute approximate surface area is 97.9 Å². The van der Waals surface area contributed by atoms with Gasteiger partial charge >= 0.3 is 0 Å². The zero-order chi connectivity index (χ0) is 11.5. The van der Waals surface area contributed by atoms with Gasteiger partial charge in [0.1, 0.15) is 11.6 Å². The first-order valence-corrected chi connectivity index (χ1v) is 5.16. The Hall–Kier alpha value is -1.61. The van der Waals surface area contributed by atoms with Crippen molar-refractivity contribution in [1.29, 1.82) is 0 Å². The van der Waals surface area contributed by atoms with Gasteiger partial charge in [-0.2, -0.15) is 0 Å². The average molecular weight is 237 g/mol. The normalized spacial score (nSPS) is 10.4. The quantitative estimate of drug-likeness (QED) is 0.871. The Balaban J connectivity index is 2.23. The molecule has 16 heavy (non-hydrogen) atoms. The molecule has 82 valence electrons. The molecule has 0 aliphatic rings. The Bertz CT molecular complexity index is 477. The molecule has 0 aliphatic carbocycles. The van der Waals surface area contributed by atoms with Crippen molar-refractivity contribution in [1.82, 2.24) is 4.98 Å². The molecule has 2 aromatic rings. The van der Waals surface area contributed by atoms with Gasteiger partial charge in [0.05, 0.1) is 0 Å². The number of nitrogen functional groups attached to an aromatic ring is 1. The van der Waals surface area contributed by atoms with Gasteiger partial charge in [-0.1, -0.05) is 17.7 Å². The fourth-order valence-corrected chi connectivity index (χ4v) is 1.73. The van der Waals surface area contributed by atoms with Crippen LogP contribution in [0.2, 0.25) is 5.02 Å². The molecule has 0 atom stereocenters. The van der Waals surface area contributed by atoms with E-state index in [-0.39, 0.29) is 5.82 Å². The Kier molecular flexibility index (Phi) is 3.06. The van der Waals surface area contributed by atoms with Crippen LogP contribution in [0.5, 0.6) is 0 Å². The Morgan fingerprint density at radius 3 is 2.62 bits per heavy atom. The van der Waals surface area contributed by atoms with E-state index in [9.17, 15) is 4.39 Å². The van der Waals surface area contributed by atoms with Crippen LogP contribution in [-0.2, 0) is 6.42 Å². The minimum atomic E-state index is -0.328. The lowest BCUT2D eigenvalue weighted by Crippen LogP contribution is -1.93. The third kappa shape index (κ3) is 2.70. The lowest BCUT2D eigenvalue weighted by atomic mass is 10.1. The van der Waals surface area contributed by atoms with E-state index in [1.165, 1.54) is 12.1 Å². The van der Waals surface area contributed by atoms with Crippen molar-refractivity contribution in [3.8, 4) is 0 Å². The lowest BCUT2D eigenvalue weighted by Gasteiger charge is -2.03. The molecule has 0 radical (unpaired) electrons. The van der Waals surface area contributed by atoms with Gasteiger partial charge in [-0.05, 0) is 41.8 Å². The molecule has 1 heterocycles. The van der Waals surface area contributed by atoms with Crippen molar-refractivity contribution in [2.75, 3.05) is 5.73 Å². The molecule has 1 aromatic heterocycles. The Morgan fingerprint density at radius 1 is 1.19 bits per heavy atom. The number of pyridine rings is 1. The van der Waals surface area contributed by atoms with E-state index in [1.54, 1.807) is 18.3 Å². The predicted molar refractivity (Wildman–Crippen MR) is 62.9 cm³/mol. The second kappa shape index (κ2) is 4.49. The van der Waals surface area contributed by atoms with Crippen LogP contribution in [0.25, 0.3) is 0 Å². The predicted octanol–water partition coefficient (Wildman–Crippen LogP) is 3.05. The SMILES string of the molecule is Nc1ccc(Cc2cc(F)cc(Cl)c2)cn1. The standard InChI is InChI=1S/C12H10ClFN2/c13-10-4-9(5-11(14)6-10)3-8-1-2-12(15)16-7-8/h1-2,4-7H,3H2,(H2,15,16). The summed E-state index contributed by atoms with van der Waals surface area (Å²) in [5.74, 6) is 0.145. The van der Waals surface area contributed by atoms with Crippen molar-refractivity contribution in [2.24, 2.45) is 0 Å². The first-order valence-electron chi connectivity index (χ1n) is 4.79. The number of nitrogens with zero attached hydrogens (tertiary/aromatic N) is 1. The summed E-state index contributed by atoms with van der Waals surface area (Å²) in [4.78, 5) is 3.97. The van der Waals surface area contributed by atoms with E-state index in [1.807, 2.05) is 6.07 Å². The summed E-state index contributed by atoms with van der Waals surface area (Å²) in [6.07, 6.45) is 2.26. The summed E-state index contributed by atoms with van der Waals surface area (Å²) in [6, 6.07) is 8.06. The molecule has 1 aromatic carbocycles. The van der Waals surface area contributed by atoms with Gasteiger partial charge in [-0.3, -0.25) is 0 Å². The van der Waals surface area contributed by atoms with Gasteiger partial charge in [0.25, 0.3) is 0 Å². The second-order valence-corrected chi connectivity index (χ2v) is 3.98. The summed E-state index contributed by atoms with van der Waals surface area (Å²) in [7, 11) is 0. The highest BCUT2D eigenvalue weighted by atomic mass is 35.5. The van der Waals surface area contributed by atoms with Gasteiger partial charge in [-0.15, -0.1) is 0 Å². The molecule has 0 unspecified atom stereocenters. The van der Waals surface area contributed by atoms with Crippen LogP contribution in [0.15, 0.2) is 36.5 Å². The number of hydrogen-bond donors (Lipinski definition) is 1. The van der Waals surface area contributed by atoms with Gasteiger partial charge in [0, 0.05) is 11.2 Å². The second-order valence-electron chi connectivity index (χ2n) is 3.55. The average Bonchev–Trinajstić information content (AvgIpc) is 2.20. The molecule has 0 saturated heterocycles. The number of anilines is 1. The third-order valence-electron chi connectivity index (χ3n) is 2.18. The van der Waals surface area contributed by atoms with Crippen LogP contribution in [-0.4, -0.2) is 4.98 Å². The van der Waals surface area contributed by atoms with Crippen LogP contribution in [0, 0.1) is 5.82 Å². The monoisotopic (exact) mass is 236 g/mol. The van der Waals surface area contributed by atoms with Crippen LogP contribution in [0.3, 0.4) is 0 Å². The van der Waals surface area contributed by atoms with Crippen LogP contribution in [0.1, 0.15) is 11.1 Å². The van der Waals surface area contributed by atoms with E-state index in [0.717, 1.165) is 11.1 Å². The minimum absolute atomic E-state index is 0.328. The molecule has 2 rings (SSSR count). The highest BCUT2D eigenvalue weighted by Crippen LogP contribution is 2.17. The molecular weight excluding hydrogens is 227 g/mol. The van der Waals surface area contributed by atoms with E-state index >= 15 is 0 Å². The van der Waals surface area contributed by atoms with Gasteiger partial charge < -0.3 is 5.73 Å². The van der Waals surface area contributed by atoms with Crippen molar-refractivity contribution >= 4 is 17.4 Å². The molecular formula is C12H10ClFN2. The highest BCUT2D eigenvalue weighted by Gasteiger charge is 2.01. The highest BCUT2D eigenvalue weighted by molar-refractivity contribution is 6.30. The molecule has 2 nitrogen and oxygen atoms in total. The van der Waals surface area contributed by atoms with E-state index < -0.39 is 0 Å². The summed E-state index contributed by atoms with van der Waals surface area (Å²) in [5.41, 5.74) is 7.26. The number of aromatic nitrogens is 1. The fraction of sp³-hybridized carbons (Fsp3) is 0.0833. The van der Waals surface area contributed by atoms with Gasteiger partial charge in [0.2, 0.25) is 0 Å². The van der Waals surface area contributed by atoms with E-state index in [0.29, 0.717) is 17.3 Å². The number of hydrogen-bond acceptors (Lipinski definition) is 2. The van der Waals surface area contributed by atoms with Crippen molar-refractivity contribution in [3.63, 3.8) is 0 Å². The third-order valence-corrected chi connectivity index (χ3v) is 2.40. The minimum Gasteiger partial charge on any atom is -0.384 e. The van der Waals surface area contributed by atoms with E-state index in [4.69, 9.17) is 17.3 Å². The summed E-state index contributed by atoms with van der Waals surface area (Å²) >= 11 is 5.77. The number of rotatable bonds is 2. The maximum Gasteiger partial charge on any atom is 0.124 e. The first-order chi connectivity index (χ1) is 7.63. The molecule has 0 saturated carbocycles. The van der Waals surface area contributed by atoms with Crippen LogP contribution in [0.4, 0.5) is 10.2 Å². The largest absolute Gasteiger partial charge is 0.384 e. The van der Waals surface area contributed by atoms with Crippen LogP contribution < -0.4 is 5.73 Å². The summed E-state index contributed by atoms with van der Waals surface area (Å²) in [6.45, 7) is 0. The fourth-order valence-electron chi connectivity index (χ4n) is 1.49. The van der Waals surface area contributed by atoms with Gasteiger partial charge in [0.15, 0.2) is 0 Å². The number of nitrogens with two attached hydrogens (primary N) is 1. The van der Waals surface area contributed by atoms with Crippen molar-refractivity contribution < 1.29 is 4.39 Å². The van der Waals surface area contributed by atoms with E-state index in [2.05, 4.69) is 4.98 Å². The van der Waals surface area contributed by atoms with Gasteiger partial charge in [-0.25, -0.2) is 9.37 Å². The topological polar surface area (TPSA) is 38.9 Å². The molecule has 2 N–H and O–H groups in total. The first kappa shape index (κ1) is 10.9. The summed E-state index contributed by atoms with van der Waals surface area (Å²) < 4.78 is 13.1. The molecule has 0 spiro atoms. The molecule has 0 aliphatic heterocycles. The molecule has 4 heteroatoms. The number of halogens is 2. The molecule has 0 fully saturated rings. The maximum absolute atomic E-state index is 13.1. The smallest absolute Gasteiger partial charge is 0.124 e. The Morgan fingerprint density at radius 2 is 2.00 bits per heavy atom. The summed E-state index contributed by atoms with van der Waals surface area (Å²) in [5, 5.41) is 0.401. The maximum atomic E-state index is 13.1. The lowest BCUT2D eigenvalue weighted by molar-refractivity contribution is 0.626. The zero-order valence-corrected chi connectivity index (χ0v) is 9.21. The number of benzene rings is 1. The molecule has 0 amide bonds. The molecule has 0 bridgehead atoms. The van der Waals surface area contributed by atoms with Crippen molar-refractivity contribution in [3.05, 3.63) is 58.5 Å². The van der Waals surface area contributed by atoms with Crippen LogP contribution >= 0.6 is 11.6 Å². The van der Waals surface area contributed by atoms with Crippen molar-refractivity contribution in [2.45, 2.75) is 6.42 Å².